The second-order valence-electron chi connectivity index (χ2n) is 7.79. The van der Waals surface area contributed by atoms with Gasteiger partial charge in [-0.25, -0.2) is 14.6 Å². The molecule has 0 saturated carbocycles. The molecule has 1 aliphatic rings. The Labute approximate surface area is 180 Å². The molecule has 4 rings (SSSR count). The van der Waals surface area contributed by atoms with Gasteiger partial charge in [-0.3, -0.25) is 9.59 Å². The number of nitrogens with zero attached hydrogens (tertiary/aromatic N) is 5. The molecule has 2 aromatic heterocycles. The average Bonchev–Trinajstić information content (AvgIpc) is 3.36. The lowest BCUT2D eigenvalue weighted by Crippen LogP contribution is -2.35. The van der Waals surface area contributed by atoms with E-state index in [4.69, 9.17) is 0 Å². The molecule has 0 radical (unpaired) electrons. The summed E-state index contributed by atoms with van der Waals surface area (Å²) in [7, 11) is 0. The van der Waals surface area contributed by atoms with Crippen LogP contribution >= 0.6 is 0 Å². The molecule has 0 aliphatic carbocycles. The Kier molecular flexibility index (Phi) is 6.11. The van der Waals surface area contributed by atoms with E-state index in [1.165, 1.54) is 6.33 Å². The molecular formula is C22H27N7O2. The van der Waals surface area contributed by atoms with E-state index in [-0.39, 0.29) is 24.2 Å². The maximum atomic E-state index is 12.6. The van der Waals surface area contributed by atoms with Crippen molar-refractivity contribution in [3.63, 3.8) is 0 Å². The Balaban J connectivity index is 1.34. The van der Waals surface area contributed by atoms with Crippen molar-refractivity contribution < 1.29 is 9.59 Å². The second kappa shape index (κ2) is 9.11. The molecule has 3 aromatic rings. The predicted octanol–water partition coefficient (Wildman–Crippen LogP) is 2.13. The van der Waals surface area contributed by atoms with Crippen LogP contribution in [0.2, 0.25) is 0 Å². The number of hydrogen-bond donors (Lipinski definition) is 2. The van der Waals surface area contributed by atoms with Gasteiger partial charge in [0.25, 0.3) is 0 Å². The molecule has 1 unspecified atom stereocenters. The van der Waals surface area contributed by atoms with Crippen LogP contribution in [-0.4, -0.2) is 51.2 Å². The highest BCUT2D eigenvalue weighted by Gasteiger charge is 2.35. The number of carbonyl (C=O) groups excluding carboxylic acids is 2. The van der Waals surface area contributed by atoms with Gasteiger partial charge in [0.2, 0.25) is 11.8 Å². The Morgan fingerprint density at radius 3 is 2.94 bits per heavy atom. The lowest BCUT2D eigenvalue weighted by Gasteiger charge is -2.17. The van der Waals surface area contributed by atoms with Gasteiger partial charge in [-0.2, -0.15) is 5.10 Å². The van der Waals surface area contributed by atoms with Gasteiger partial charge >= 0.3 is 0 Å². The molecule has 1 atom stereocenters. The van der Waals surface area contributed by atoms with Crippen molar-refractivity contribution >= 4 is 34.4 Å². The van der Waals surface area contributed by atoms with Crippen LogP contribution in [0.25, 0.3) is 11.0 Å². The fraction of sp³-hybridized carbons (Fsp3) is 0.409. The fourth-order valence-corrected chi connectivity index (χ4v) is 3.80. The summed E-state index contributed by atoms with van der Waals surface area (Å²) >= 11 is 0. The number of rotatable bonds is 8. The third-order valence-electron chi connectivity index (χ3n) is 5.41. The third kappa shape index (κ3) is 4.50. The van der Waals surface area contributed by atoms with Crippen molar-refractivity contribution in [2.75, 3.05) is 29.9 Å². The van der Waals surface area contributed by atoms with Crippen LogP contribution in [0.1, 0.15) is 25.3 Å². The van der Waals surface area contributed by atoms with Crippen LogP contribution in [0.15, 0.2) is 36.8 Å². The van der Waals surface area contributed by atoms with Crippen LogP contribution in [0.5, 0.6) is 0 Å². The van der Waals surface area contributed by atoms with Gasteiger partial charge in [0.1, 0.15) is 12.1 Å². The number of aryl methyl sites for hydroxylation is 1. The Hall–Kier alpha value is -3.49. The van der Waals surface area contributed by atoms with E-state index in [0.717, 1.165) is 41.1 Å². The van der Waals surface area contributed by atoms with Crippen LogP contribution in [-0.2, 0) is 16.1 Å². The average molecular weight is 422 g/mol. The molecule has 0 spiro atoms. The van der Waals surface area contributed by atoms with Gasteiger partial charge in [0, 0.05) is 31.7 Å². The molecule has 1 aromatic carbocycles. The lowest BCUT2D eigenvalue weighted by atomic mass is 10.1. The summed E-state index contributed by atoms with van der Waals surface area (Å²) in [4.78, 5) is 35.4. The Morgan fingerprint density at radius 2 is 2.13 bits per heavy atom. The molecule has 9 nitrogen and oxygen atoms in total. The number of benzene rings is 1. The molecule has 2 N–H and O–H groups in total. The number of carbonyl (C=O) groups is 2. The largest absolute Gasteiger partial charge is 0.369 e. The zero-order valence-corrected chi connectivity index (χ0v) is 17.8. The zero-order valence-electron chi connectivity index (χ0n) is 17.8. The molecule has 2 amide bonds. The first-order chi connectivity index (χ1) is 15.1. The van der Waals surface area contributed by atoms with E-state index in [2.05, 4.69) is 32.6 Å². The summed E-state index contributed by atoms with van der Waals surface area (Å²) in [6, 6.07) is 7.78. The van der Waals surface area contributed by atoms with Crippen molar-refractivity contribution in [1.82, 2.24) is 25.1 Å². The standard InChI is InChI=1S/C22H27N7O2/c1-3-7-23-20-18-12-27-29(21(18)26-14-25-20)9-8-24-22(31)16-11-19(30)28(13-16)17-6-4-5-15(2)10-17/h4-6,10,12,14,16H,3,7-9,11,13H2,1-2H3,(H,24,31)(H,23,25,26). The van der Waals surface area contributed by atoms with E-state index < -0.39 is 0 Å². The number of aromatic nitrogens is 4. The molecule has 0 bridgehead atoms. The van der Waals surface area contributed by atoms with Gasteiger partial charge in [-0.15, -0.1) is 0 Å². The van der Waals surface area contributed by atoms with Crippen molar-refractivity contribution in [3.8, 4) is 0 Å². The highest BCUT2D eigenvalue weighted by molar-refractivity contribution is 6.00. The summed E-state index contributed by atoms with van der Waals surface area (Å²) in [6.45, 7) is 6.20. The van der Waals surface area contributed by atoms with Crippen molar-refractivity contribution in [1.29, 1.82) is 0 Å². The highest BCUT2D eigenvalue weighted by atomic mass is 16.2. The van der Waals surface area contributed by atoms with Gasteiger partial charge in [-0.1, -0.05) is 19.1 Å². The van der Waals surface area contributed by atoms with Crippen molar-refractivity contribution in [2.45, 2.75) is 33.2 Å². The minimum Gasteiger partial charge on any atom is -0.369 e. The lowest BCUT2D eigenvalue weighted by molar-refractivity contribution is -0.126. The number of fused-ring (bicyclic) bond motifs is 1. The molecule has 9 heteroatoms. The van der Waals surface area contributed by atoms with Gasteiger partial charge in [0.05, 0.1) is 24.0 Å². The third-order valence-corrected chi connectivity index (χ3v) is 5.41. The van der Waals surface area contributed by atoms with Crippen LogP contribution in [0.3, 0.4) is 0 Å². The topological polar surface area (TPSA) is 105 Å². The highest BCUT2D eigenvalue weighted by Crippen LogP contribution is 2.26. The molecule has 1 saturated heterocycles. The van der Waals surface area contributed by atoms with Gasteiger partial charge in [-0.05, 0) is 31.0 Å². The first-order valence-corrected chi connectivity index (χ1v) is 10.6. The summed E-state index contributed by atoms with van der Waals surface area (Å²) in [6.07, 6.45) is 4.48. The number of amides is 2. The smallest absolute Gasteiger partial charge is 0.227 e. The van der Waals surface area contributed by atoms with E-state index in [9.17, 15) is 9.59 Å². The fourth-order valence-electron chi connectivity index (χ4n) is 3.80. The normalized spacial score (nSPS) is 16.1. The van der Waals surface area contributed by atoms with Crippen LogP contribution < -0.4 is 15.5 Å². The first kappa shape index (κ1) is 20.8. The van der Waals surface area contributed by atoms with E-state index >= 15 is 0 Å². The van der Waals surface area contributed by atoms with E-state index in [1.807, 2.05) is 31.2 Å². The van der Waals surface area contributed by atoms with Crippen molar-refractivity contribution in [3.05, 3.63) is 42.4 Å². The van der Waals surface area contributed by atoms with E-state index in [1.54, 1.807) is 15.8 Å². The summed E-state index contributed by atoms with van der Waals surface area (Å²) in [5, 5.41) is 11.5. The monoisotopic (exact) mass is 421 g/mol. The number of anilines is 2. The predicted molar refractivity (Wildman–Crippen MR) is 119 cm³/mol. The molecule has 31 heavy (non-hydrogen) atoms. The Morgan fingerprint density at radius 1 is 1.26 bits per heavy atom. The minimum absolute atomic E-state index is 0.0207. The molecular weight excluding hydrogens is 394 g/mol. The molecule has 1 aliphatic heterocycles. The Bertz CT molecular complexity index is 1090. The van der Waals surface area contributed by atoms with Crippen molar-refractivity contribution in [2.24, 2.45) is 5.92 Å². The second-order valence-corrected chi connectivity index (χ2v) is 7.79. The SMILES string of the molecule is CCCNc1ncnc2c1cnn2CCNC(=O)C1CC(=O)N(c2cccc(C)c2)C1. The van der Waals surface area contributed by atoms with Gasteiger partial charge in [0.15, 0.2) is 5.65 Å². The molecule has 162 valence electrons. The minimum atomic E-state index is -0.352. The summed E-state index contributed by atoms with van der Waals surface area (Å²) in [5.74, 6) is 0.282. The molecule has 3 heterocycles. The number of hydrogen-bond acceptors (Lipinski definition) is 6. The summed E-state index contributed by atoms with van der Waals surface area (Å²) in [5.41, 5.74) is 2.65. The quantitative estimate of drug-likeness (QED) is 0.577. The van der Waals surface area contributed by atoms with Crippen LogP contribution in [0.4, 0.5) is 11.5 Å². The van der Waals surface area contributed by atoms with E-state index in [0.29, 0.717) is 19.6 Å². The number of nitrogens with one attached hydrogen (secondary N) is 2. The maximum absolute atomic E-state index is 12.6. The first-order valence-electron chi connectivity index (χ1n) is 10.6. The summed E-state index contributed by atoms with van der Waals surface area (Å²) < 4.78 is 1.76. The van der Waals surface area contributed by atoms with Gasteiger partial charge < -0.3 is 15.5 Å². The van der Waals surface area contributed by atoms with Crippen LogP contribution in [0, 0.1) is 12.8 Å². The zero-order chi connectivity index (χ0) is 21.8. The maximum Gasteiger partial charge on any atom is 0.227 e. The molecule has 1 fully saturated rings.